The van der Waals surface area contributed by atoms with E-state index in [0.29, 0.717) is 13.0 Å². The number of likely N-dealkylation sites (tertiary alicyclic amines) is 1. The number of hydrogen-bond donors (Lipinski definition) is 1. The van der Waals surface area contributed by atoms with Gasteiger partial charge in [0, 0.05) is 24.5 Å². The molecular formula is C15H26N4O2. The van der Waals surface area contributed by atoms with Gasteiger partial charge in [-0.2, -0.15) is 0 Å². The number of rotatable bonds is 6. The Balaban J connectivity index is 2.03. The number of ether oxygens (including phenoxy) is 1. The van der Waals surface area contributed by atoms with E-state index in [9.17, 15) is 4.79 Å². The Morgan fingerprint density at radius 1 is 1.48 bits per heavy atom. The SMILES string of the molecule is CCn1ccnc1CNC1(CC(=O)OC)CCN(C)CC1. The molecule has 0 spiro atoms. The van der Waals surface area contributed by atoms with Crippen LogP contribution < -0.4 is 5.32 Å². The van der Waals surface area contributed by atoms with E-state index in [1.54, 1.807) is 0 Å². The van der Waals surface area contributed by atoms with Crippen molar-refractivity contribution in [3.63, 3.8) is 0 Å². The van der Waals surface area contributed by atoms with Gasteiger partial charge in [-0.15, -0.1) is 0 Å². The monoisotopic (exact) mass is 294 g/mol. The van der Waals surface area contributed by atoms with Crippen LogP contribution in [0.3, 0.4) is 0 Å². The van der Waals surface area contributed by atoms with Gasteiger partial charge < -0.3 is 19.5 Å². The van der Waals surface area contributed by atoms with Gasteiger partial charge in [-0.1, -0.05) is 0 Å². The van der Waals surface area contributed by atoms with Gasteiger partial charge in [0.15, 0.2) is 0 Å². The Bertz CT molecular complexity index is 464. The van der Waals surface area contributed by atoms with Crippen LogP contribution in [0.2, 0.25) is 0 Å². The van der Waals surface area contributed by atoms with Crippen LogP contribution in [-0.2, 0) is 22.6 Å². The van der Waals surface area contributed by atoms with Gasteiger partial charge in [-0.25, -0.2) is 4.98 Å². The van der Waals surface area contributed by atoms with E-state index in [0.717, 1.165) is 38.3 Å². The zero-order chi connectivity index (χ0) is 15.3. The van der Waals surface area contributed by atoms with Gasteiger partial charge in [-0.05, 0) is 39.9 Å². The quantitative estimate of drug-likeness (QED) is 0.794. The highest BCUT2D eigenvalue weighted by molar-refractivity contribution is 5.70. The van der Waals surface area contributed by atoms with Crippen LogP contribution in [-0.4, -0.2) is 53.2 Å². The molecule has 118 valence electrons. The number of nitrogens with one attached hydrogen (secondary N) is 1. The molecule has 1 aromatic rings. The molecule has 0 radical (unpaired) electrons. The highest BCUT2D eigenvalue weighted by Crippen LogP contribution is 2.26. The largest absolute Gasteiger partial charge is 0.469 e. The highest BCUT2D eigenvalue weighted by Gasteiger charge is 2.36. The minimum Gasteiger partial charge on any atom is -0.469 e. The van der Waals surface area contributed by atoms with Gasteiger partial charge in [-0.3, -0.25) is 4.79 Å². The summed E-state index contributed by atoms with van der Waals surface area (Å²) in [5, 5.41) is 3.59. The lowest BCUT2D eigenvalue weighted by Crippen LogP contribution is -2.53. The number of piperidine rings is 1. The lowest BCUT2D eigenvalue weighted by Gasteiger charge is -2.40. The standard InChI is InChI=1S/C15H26N4O2/c1-4-19-10-7-16-13(19)12-17-15(11-14(20)21-3)5-8-18(2)9-6-15/h7,10,17H,4-6,8-9,11-12H2,1-3H3. The van der Waals surface area contributed by atoms with Crippen LogP contribution in [0.4, 0.5) is 0 Å². The number of nitrogens with zero attached hydrogens (tertiary/aromatic N) is 3. The second kappa shape index (κ2) is 7.04. The van der Waals surface area contributed by atoms with Crippen molar-refractivity contribution in [1.82, 2.24) is 19.8 Å². The maximum atomic E-state index is 11.8. The van der Waals surface area contributed by atoms with Crippen LogP contribution in [0, 0.1) is 0 Å². The number of aryl methyl sites for hydroxylation is 1. The molecule has 21 heavy (non-hydrogen) atoms. The fraction of sp³-hybridized carbons (Fsp3) is 0.733. The number of imidazole rings is 1. The van der Waals surface area contributed by atoms with Gasteiger partial charge in [0.1, 0.15) is 5.82 Å². The molecule has 1 aliphatic rings. The van der Waals surface area contributed by atoms with Crippen molar-refractivity contribution < 1.29 is 9.53 Å². The Hall–Kier alpha value is -1.40. The molecule has 0 saturated carbocycles. The van der Waals surface area contributed by atoms with Crippen molar-refractivity contribution in [3.8, 4) is 0 Å². The van der Waals surface area contributed by atoms with Crippen LogP contribution in [0.5, 0.6) is 0 Å². The predicted molar refractivity (Wildman–Crippen MR) is 80.8 cm³/mol. The van der Waals surface area contributed by atoms with Crippen molar-refractivity contribution in [1.29, 1.82) is 0 Å². The summed E-state index contributed by atoms with van der Waals surface area (Å²) in [7, 11) is 3.57. The first-order chi connectivity index (χ1) is 10.1. The molecule has 1 fully saturated rings. The summed E-state index contributed by atoms with van der Waals surface area (Å²) in [6, 6.07) is 0. The van der Waals surface area contributed by atoms with Crippen LogP contribution in [0.15, 0.2) is 12.4 Å². The summed E-state index contributed by atoms with van der Waals surface area (Å²) in [6.07, 6.45) is 6.13. The summed E-state index contributed by atoms with van der Waals surface area (Å²) in [6.45, 7) is 5.68. The third-order valence-corrected chi connectivity index (χ3v) is 4.42. The molecule has 0 atom stereocenters. The fourth-order valence-electron chi connectivity index (χ4n) is 2.87. The Labute approximate surface area is 126 Å². The topological polar surface area (TPSA) is 59.4 Å². The zero-order valence-electron chi connectivity index (χ0n) is 13.3. The highest BCUT2D eigenvalue weighted by atomic mass is 16.5. The average Bonchev–Trinajstić information content (AvgIpc) is 2.95. The normalized spacial score (nSPS) is 18.6. The molecule has 0 aromatic carbocycles. The number of esters is 1. The number of carbonyl (C=O) groups is 1. The number of carbonyl (C=O) groups excluding carboxylic acids is 1. The first-order valence-corrected chi connectivity index (χ1v) is 7.59. The van der Waals surface area contributed by atoms with E-state index in [4.69, 9.17) is 4.74 Å². The number of aromatic nitrogens is 2. The molecule has 1 aliphatic heterocycles. The smallest absolute Gasteiger partial charge is 0.307 e. The molecular weight excluding hydrogens is 268 g/mol. The molecule has 2 heterocycles. The summed E-state index contributed by atoms with van der Waals surface area (Å²) >= 11 is 0. The average molecular weight is 294 g/mol. The van der Waals surface area contributed by atoms with E-state index in [1.807, 2.05) is 12.4 Å². The van der Waals surface area contributed by atoms with Crippen molar-refractivity contribution in [2.24, 2.45) is 0 Å². The number of methoxy groups -OCH3 is 1. The third kappa shape index (κ3) is 4.04. The van der Waals surface area contributed by atoms with Gasteiger partial charge in [0.2, 0.25) is 0 Å². The predicted octanol–water partition coefficient (Wildman–Crippen LogP) is 1.02. The van der Waals surface area contributed by atoms with E-state index in [2.05, 4.69) is 33.7 Å². The molecule has 1 aromatic heterocycles. The molecule has 0 aliphatic carbocycles. The lowest BCUT2D eigenvalue weighted by atomic mass is 9.84. The summed E-state index contributed by atoms with van der Waals surface area (Å²) in [5.41, 5.74) is -0.176. The Morgan fingerprint density at radius 2 is 2.19 bits per heavy atom. The van der Waals surface area contributed by atoms with Gasteiger partial charge in [0.05, 0.1) is 20.1 Å². The van der Waals surface area contributed by atoms with Gasteiger partial charge in [0.25, 0.3) is 0 Å². The van der Waals surface area contributed by atoms with E-state index >= 15 is 0 Å². The van der Waals surface area contributed by atoms with Gasteiger partial charge >= 0.3 is 5.97 Å². The van der Waals surface area contributed by atoms with Crippen molar-refractivity contribution in [2.45, 2.75) is 44.8 Å². The second-order valence-electron chi connectivity index (χ2n) is 5.82. The molecule has 1 saturated heterocycles. The van der Waals surface area contributed by atoms with E-state index in [1.165, 1.54) is 7.11 Å². The van der Waals surface area contributed by atoms with Crippen LogP contribution in [0.25, 0.3) is 0 Å². The molecule has 6 heteroatoms. The third-order valence-electron chi connectivity index (χ3n) is 4.42. The van der Waals surface area contributed by atoms with Crippen LogP contribution in [0.1, 0.15) is 32.0 Å². The molecule has 6 nitrogen and oxygen atoms in total. The number of hydrogen-bond acceptors (Lipinski definition) is 5. The van der Waals surface area contributed by atoms with Crippen molar-refractivity contribution in [3.05, 3.63) is 18.2 Å². The zero-order valence-corrected chi connectivity index (χ0v) is 13.3. The maximum absolute atomic E-state index is 11.8. The molecule has 0 amide bonds. The minimum atomic E-state index is -0.176. The summed E-state index contributed by atoms with van der Waals surface area (Å²) < 4.78 is 6.99. The van der Waals surface area contributed by atoms with Crippen molar-refractivity contribution in [2.75, 3.05) is 27.2 Å². The molecule has 2 rings (SSSR count). The molecule has 0 unspecified atom stereocenters. The molecule has 1 N–H and O–H groups in total. The molecule has 0 bridgehead atoms. The minimum absolute atomic E-state index is 0.147. The summed E-state index contributed by atoms with van der Waals surface area (Å²) in [4.78, 5) is 18.4. The van der Waals surface area contributed by atoms with E-state index < -0.39 is 0 Å². The summed E-state index contributed by atoms with van der Waals surface area (Å²) in [5.74, 6) is 0.867. The van der Waals surface area contributed by atoms with E-state index in [-0.39, 0.29) is 11.5 Å². The Kier molecular flexibility index (Phi) is 5.36. The lowest BCUT2D eigenvalue weighted by molar-refractivity contribution is -0.143. The van der Waals surface area contributed by atoms with Crippen LogP contribution >= 0.6 is 0 Å². The second-order valence-corrected chi connectivity index (χ2v) is 5.82. The first-order valence-electron chi connectivity index (χ1n) is 7.59. The maximum Gasteiger partial charge on any atom is 0.307 e. The van der Waals surface area contributed by atoms with Crippen molar-refractivity contribution >= 4 is 5.97 Å². The fourth-order valence-corrected chi connectivity index (χ4v) is 2.87. The Morgan fingerprint density at radius 3 is 2.81 bits per heavy atom. The first kappa shape index (κ1) is 16.0.